The zero-order valence-corrected chi connectivity index (χ0v) is 14.6. The maximum absolute atomic E-state index is 12.2. The second-order valence-corrected chi connectivity index (χ2v) is 7.26. The average Bonchev–Trinajstić information content (AvgIpc) is 2.50. The fourth-order valence-electron chi connectivity index (χ4n) is 1.88. The highest BCUT2D eigenvalue weighted by atomic mass is 35.5. The van der Waals surface area contributed by atoms with Crippen molar-refractivity contribution in [1.29, 1.82) is 0 Å². The number of pyridine rings is 1. The van der Waals surface area contributed by atoms with Crippen LogP contribution in [0.5, 0.6) is 0 Å². The van der Waals surface area contributed by atoms with Gasteiger partial charge in [0.25, 0.3) is 0 Å². The molecule has 128 valence electrons. The molecule has 0 aliphatic carbocycles. The Bertz CT molecular complexity index is 825. The van der Waals surface area contributed by atoms with Crippen molar-refractivity contribution < 1.29 is 13.2 Å². The number of rotatable bonds is 6. The number of hydrogen-bond acceptors (Lipinski definition) is 5. The Balaban J connectivity index is 1.97. The van der Waals surface area contributed by atoms with Crippen LogP contribution in [0, 0.1) is 0 Å². The summed E-state index contributed by atoms with van der Waals surface area (Å²) in [6.07, 6.45) is 2.61. The van der Waals surface area contributed by atoms with E-state index in [0.29, 0.717) is 17.1 Å². The standard InChI is InChI=1S/C15H17ClN4O3S/c1-10(15(21)19-13-4-3-9-17-14(13)16)18-11-5-7-12(8-6-11)20-24(2,22)23/h3-10,18,20H,1-2H3,(H,19,21). The number of sulfonamides is 1. The molecule has 0 fully saturated rings. The molecule has 1 aromatic heterocycles. The predicted octanol–water partition coefficient (Wildman–Crippen LogP) is 2.55. The minimum Gasteiger partial charge on any atom is -0.374 e. The summed E-state index contributed by atoms with van der Waals surface area (Å²) < 4.78 is 24.7. The summed E-state index contributed by atoms with van der Waals surface area (Å²) in [6, 6.07) is 9.36. The van der Waals surface area contributed by atoms with Crippen LogP contribution in [-0.2, 0) is 14.8 Å². The van der Waals surface area contributed by atoms with Crippen molar-refractivity contribution in [3.05, 3.63) is 47.7 Å². The van der Waals surface area contributed by atoms with E-state index in [1.165, 1.54) is 6.20 Å². The molecular formula is C15H17ClN4O3S. The summed E-state index contributed by atoms with van der Waals surface area (Å²) in [5.74, 6) is -0.275. The number of amides is 1. The Morgan fingerprint density at radius 2 is 1.79 bits per heavy atom. The van der Waals surface area contributed by atoms with Gasteiger partial charge in [-0.25, -0.2) is 13.4 Å². The maximum Gasteiger partial charge on any atom is 0.246 e. The van der Waals surface area contributed by atoms with Crippen molar-refractivity contribution in [2.24, 2.45) is 0 Å². The summed E-state index contributed by atoms with van der Waals surface area (Å²) >= 11 is 5.90. The molecule has 1 atom stereocenters. The van der Waals surface area contributed by atoms with Gasteiger partial charge in [0.1, 0.15) is 6.04 Å². The SMILES string of the molecule is CC(Nc1ccc(NS(C)(=O)=O)cc1)C(=O)Nc1cccnc1Cl. The van der Waals surface area contributed by atoms with E-state index < -0.39 is 16.1 Å². The van der Waals surface area contributed by atoms with Gasteiger partial charge in [-0.15, -0.1) is 0 Å². The molecule has 0 bridgehead atoms. The van der Waals surface area contributed by atoms with Gasteiger partial charge in [-0.2, -0.15) is 0 Å². The summed E-state index contributed by atoms with van der Waals surface area (Å²) in [5, 5.41) is 5.92. The van der Waals surface area contributed by atoms with Gasteiger partial charge < -0.3 is 10.6 Å². The number of nitrogens with one attached hydrogen (secondary N) is 3. The van der Waals surface area contributed by atoms with Gasteiger partial charge in [-0.3, -0.25) is 9.52 Å². The van der Waals surface area contributed by atoms with Crippen molar-refractivity contribution in [3.63, 3.8) is 0 Å². The minimum absolute atomic E-state index is 0.217. The van der Waals surface area contributed by atoms with Gasteiger partial charge in [0.05, 0.1) is 11.9 Å². The van der Waals surface area contributed by atoms with E-state index >= 15 is 0 Å². The third-order valence-corrected chi connectivity index (χ3v) is 3.89. The molecule has 9 heteroatoms. The molecule has 0 aliphatic rings. The summed E-state index contributed by atoms with van der Waals surface area (Å²) in [4.78, 5) is 16.1. The smallest absolute Gasteiger partial charge is 0.246 e. The molecule has 1 aromatic carbocycles. The van der Waals surface area contributed by atoms with Crippen LogP contribution in [0.25, 0.3) is 0 Å². The number of benzene rings is 1. The van der Waals surface area contributed by atoms with E-state index in [1.54, 1.807) is 43.3 Å². The highest BCUT2D eigenvalue weighted by molar-refractivity contribution is 7.92. The Morgan fingerprint density at radius 3 is 2.38 bits per heavy atom. The number of carbonyl (C=O) groups is 1. The fourth-order valence-corrected chi connectivity index (χ4v) is 2.62. The number of aromatic nitrogens is 1. The van der Waals surface area contributed by atoms with E-state index in [4.69, 9.17) is 11.6 Å². The van der Waals surface area contributed by atoms with E-state index in [1.807, 2.05) is 0 Å². The quantitative estimate of drug-likeness (QED) is 0.680. The molecule has 1 heterocycles. The second-order valence-electron chi connectivity index (χ2n) is 5.15. The zero-order valence-electron chi connectivity index (χ0n) is 13.1. The first-order valence-corrected chi connectivity index (χ1v) is 9.27. The minimum atomic E-state index is -3.32. The van der Waals surface area contributed by atoms with Gasteiger partial charge in [0.15, 0.2) is 5.15 Å². The highest BCUT2D eigenvalue weighted by Crippen LogP contribution is 2.19. The Morgan fingerprint density at radius 1 is 1.17 bits per heavy atom. The monoisotopic (exact) mass is 368 g/mol. The summed E-state index contributed by atoms with van der Waals surface area (Å²) in [5.41, 5.74) is 1.56. The Hall–Kier alpha value is -2.32. The zero-order chi connectivity index (χ0) is 17.7. The largest absolute Gasteiger partial charge is 0.374 e. The van der Waals surface area contributed by atoms with Crippen LogP contribution in [0.2, 0.25) is 5.15 Å². The molecule has 24 heavy (non-hydrogen) atoms. The number of anilines is 3. The first-order valence-electron chi connectivity index (χ1n) is 7.00. The molecule has 2 aromatic rings. The van der Waals surface area contributed by atoms with Crippen LogP contribution in [0.3, 0.4) is 0 Å². The molecule has 0 saturated carbocycles. The Labute approximate surface area is 145 Å². The molecule has 2 rings (SSSR count). The second kappa shape index (κ2) is 7.50. The number of hydrogen-bond donors (Lipinski definition) is 3. The van der Waals surface area contributed by atoms with E-state index in [0.717, 1.165) is 6.26 Å². The number of carbonyl (C=O) groups excluding carboxylic acids is 1. The lowest BCUT2D eigenvalue weighted by atomic mass is 10.2. The number of nitrogens with zero attached hydrogens (tertiary/aromatic N) is 1. The normalized spacial score (nSPS) is 12.3. The van der Waals surface area contributed by atoms with E-state index in [-0.39, 0.29) is 11.1 Å². The van der Waals surface area contributed by atoms with Gasteiger partial charge >= 0.3 is 0 Å². The van der Waals surface area contributed by atoms with Crippen molar-refractivity contribution in [3.8, 4) is 0 Å². The lowest BCUT2D eigenvalue weighted by Crippen LogP contribution is -2.32. The number of halogens is 1. The molecule has 3 N–H and O–H groups in total. The van der Waals surface area contributed by atoms with Crippen LogP contribution in [0.4, 0.5) is 17.1 Å². The van der Waals surface area contributed by atoms with Crippen LogP contribution in [0.1, 0.15) is 6.92 Å². The average molecular weight is 369 g/mol. The van der Waals surface area contributed by atoms with Crippen molar-refractivity contribution in [2.45, 2.75) is 13.0 Å². The van der Waals surface area contributed by atoms with E-state index in [2.05, 4.69) is 20.3 Å². The van der Waals surface area contributed by atoms with Crippen LogP contribution in [0.15, 0.2) is 42.6 Å². The third kappa shape index (κ3) is 5.39. The first-order chi connectivity index (χ1) is 11.2. The predicted molar refractivity (Wildman–Crippen MR) is 95.9 cm³/mol. The van der Waals surface area contributed by atoms with Crippen molar-refractivity contribution in [2.75, 3.05) is 21.6 Å². The molecule has 1 unspecified atom stereocenters. The molecule has 7 nitrogen and oxygen atoms in total. The molecule has 0 aliphatic heterocycles. The first kappa shape index (κ1) is 18.0. The van der Waals surface area contributed by atoms with Gasteiger partial charge in [-0.1, -0.05) is 11.6 Å². The highest BCUT2D eigenvalue weighted by Gasteiger charge is 2.14. The fraction of sp³-hybridized carbons (Fsp3) is 0.200. The van der Waals surface area contributed by atoms with Crippen LogP contribution < -0.4 is 15.4 Å². The lowest BCUT2D eigenvalue weighted by molar-refractivity contribution is -0.116. The van der Waals surface area contributed by atoms with Gasteiger partial charge in [0.2, 0.25) is 15.9 Å². The molecule has 0 saturated heterocycles. The Kier molecular flexibility index (Phi) is 5.63. The molecule has 1 amide bonds. The molecular weight excluding hydrogens is 352 g/mol. The maximum atomic E-state index is 12.2. The van der Waals surface area contributed by atoms with Gasteiger partial charge in [0, 0.05) is 17.6 Å². The van der Waals surface area contributed by atoms with Crippen LogP contribution in [-0.4, -0.2) is 31.6 Å². The van der Waals surface area contributed by atoms with Crippen molar-refractivity contribution in [1.82, 2.24) is 4.98 Å². The summed E-state index contributed by atoms with van der Waals surface area (Å²) in [6.45, 7) is 1.70. The van der Waals surface area contributed by atoms with Crippen molar-refractivity contribution >= 4 is 44.6 Å². The molecule has 0 radical (unpaired) electrons. The van der Waals surface area contributed by atoms with E-state index in [9.17, 15) is 13.2 Å². The molecule has 0 spiro atoms. The van der Waals surface area contributed by atoms with Gasteiger partial charge in [-0.05, 0) is 43.3 Å². The third-order valence-electron chi connectivity index (χ3n) is 2.98. The topological polar surface area (TPSA) is 100 Å². The summed E-state index contributed by atoms with van der Waals surface area (Å²) in [7, 11) is -3.32. The lowest BCUT2D eigenvalue weighted by Gasteiger charge is -2.16. The van der Waals surface area contributed by atoms with Crippen LogP contribution >= 0.6 is 11.6 Å².